The lowest BCUT2D eigenvalue weighted by Gasteiger charge is -2.34. The first-order valence-corrected chi connectivity index (χ1v) is 11.6. The number of ether oxygens (including phenoxy) is 2. The molecule has 0 unspecified atom stereocenters. The highest BCUT2D eigenvalue weighted by molar-refractivity contribution is 5.80. The monoisotopic (exact) mass is 508 g/mol. The van der Waals surface area contributed by atoms with Gasteiger partial charge in [-0.3, -0.25) is 0 Å². The number of hydrogen-bond donors (Lipinski definition) is 2. The Bertz CT molecular complexity index is 1420. The predicted octanol–water partition coefficient (Wildman–Crippen LogP) is 6.98. The normalized spacial score (nSPS) is 13.3. The van der Waals surface area contributed by atoms with Crippen molar-refractivity contribution in [2.24, 2.45) is 0 Å². The Morgan fingerprint density at radius 1 is 0.541 bits per heavy atom. The van der Waals surface area contributed by atoms with Gasteiger partial charge in [0.15, 0.2) is 34.8 Å². The van der Waals surface area contributed by atoms with E-state index in [1.807, 2.05) is 0 Å². The molecule has 0 bridgehead atoms. The molecule has 0 spiro atoms. The largest absolute Gasteiger partial charge is 0.438 e. The van der Waals surface area contributed by atoms with Crippen LogP contribution in [0, 0.1) is 51.0 Å². The van der Waals surface area contributed by atoms with E-state index >= 15 is 17.6 Å². The second-order valence-corrected chi connectivity index (χ2v) is 9.15. The molecule has 37 heavy (non-hydrogen) atoms. The predicted molar refractivity (Wildman–Crippen MR) is 134 cm³/mol. The van der Waals surface area contributed by atoms with Crippen LogP contribution >= 0.6 is 0 Å². The van der Waals surface area contributed by atoms with Gasteiger partial charge in [-0.05, 0) is 38.8 Å². The number of rotatable bonds is 4. The summed E-state index contributed by atoms with van der Waals surface area (Å²) in [6, 6.07) is 13.6. The summed E-state index contributed by atoms with van der Waals surface area (Å²) in [5.41, 5.74) is 13.4. The van der Waals surface area contributed by atoms with Gasteiger partial charge in [-0.15, -0.1) is 0 Å². The molecule has 0 fully saturated rings. The molecule has 4 aromatic carbocycles. The third kappa shape index (κ3) is 3.35. The van der Waals surface area contributed by atoms with Crippen LogP contribution in [0.3, 0.4) is 0 Å². The summed E-state index contributed by atoms with van der Waals surface area (Å²) in [6.07, 6.45) is 0. The van der Waals surface area contributed by atoms with E-state index in [4.69, 9.17) is 20.9 Å². The van der Waals surface area contributed by atoms with Crippen molar-refractivity contribution in [3.8, 4) is 22.6 Å². The van der Waals surface area contributed by atoms with Crippen LogP contribution in [0.2, 0.25) is 0 Å². The number of nitrogen functional groups attached to an aromatic ring is 2. The van der Waals surface area contributed by atoms with Crippen LogP contribution in [-0.4, -0.2) is 0 Å². The van der Waals surface area contributed by atoms with E-state index in [9.17, 15) is 0 Å². The van der Waals surface area contributed by atoms with E-state index in [0.717, 1.165) is 0 Å². The summed E-state index contributed by atoms with van der Waals surface area (Å²) in [7, 11) is 0. The highest BCUT2D eigenvalue weighted by Gasteiger charge is 2.50. The number of hydrogen-bond acceptors (Lipinski definition) is 4. The Morgan fingerprint density at radius 3 is 1.16 bits per heavy atom. The molecule has 0 aromatic heterocycles. The Morgan fingerprint density at radius 2 is 0.838 bits per heavy atom. The number of halogens is 4. The van der Waals surface area contributed by atoms with Gasteiger partial charge in [0.1, 0.15) is 0 Å². The summed E-state index contributed by atoms with van der Waals surface area (Å²) in [5, 5.41) is 0. The summed E-state index contributed by atoms with van der Waals surface area (Å²) >= 11 is 0. The molecular formula is C29H24F4N2O2. The minimum Gasteiger partial charge on any atom is -0.438 e. The Labute approximate surface area is 211 Å². The third-order valence-electron chi connectivity index (χ3n) is 7.08. The maximum absolute atomic E-state index is 15.5. The fourth-order valence-corrected chi connectivity index (χ4v) is 4.77. The van der Waals surface area contributed by atoms with Crippen LogP contribution in [0.4, 0.5) is 28.9 Å². The van der Waals surface area contributed by atoms with Gasteiger partial charge in [-0.2, -0.15) is 0 Å². The van der Waals surface area contributed by atoms with E-state index in [2.05, 4.69) is 0 Å². The number of fused-ring (bicyclic) bond motifs is 3. The molecular weight excluding hydrogens is 484 g/mol. The van der Waals surface area contributed by atoms with Crippen molar-refractivity contribution < 1.29 is 27.0 Å². The van der Waals surface area contributed by atoms with Gasteiger partial charge in [-0.1, -0.05) is 48.5 Å². The Balaban J connectivity index is 1.85. The first-order valence-electron chi connectivity index (χ1n) is 11.6. The standard InChI is InChI=1S/C29H24F4N2O2/c1-13-21(30)27(22(31)14(2)25(13)34)36-29(37-28-23(32)15(3)26(35)16(4)24(28)33)19-11-7-5-9-17(19)18-10-6-8-12-20(18)29/h5-12H,34-35H2,1-4H3. The molecule has 1 aliphatic carbocycles. The fraction of sp³-hybridized carbons (Fsp3) is 0.172. The van der Waals surface area contributed by atoms with E-state index < -0.39 is 40.6 Å². The Hall–Kier alpha value is -4.20. The Kier molecular flexibility index (Phi) is 5.58. The van der Waals surface area contributed by atoms with Gasteiger partial charge in [0, 0.05) is 44.8 Å². The highest BCUT2D eigenvalue weighted by atomic mass is 19.1. The minimum absolute atomic E-state index is 0.0276. The minimum atomic E-state index is -2.15. The van der Waals surface area contributed by atoms with E-state index in [1.165, 1.54) is 27.7 Å². The summed E-state index contributed by atoms with van der Waals surface area (Å²) in [4.78, 5) is 0. The topological polar surface area (TPSA) is 70.5 Å². The van der Waals surface area contributed by atoms with Gasteiger partial charge in [0.05, 0.1) is 0 Å². The molecule has 0 aliphatic heterocycles. The number of nitrogens with two attached hydrogens (primary N) is 2. The van der Waals surface area contributed by atoms with E-state index in [0.29, 0.717) is 22.3 Å². The lowest BCUT2D eigenvalue weighted by Crippen LogP contribution is -2.40. The summed E-state index contributed by atoms with van der Waals surface area (Å²) in [6.45, 7) is 5.56. The average molecular weight is 509 g/mol. The van der Waals surface area contributed by atoms with Crippen LogP contribution < -0.4 is 20.9 Å². The lowest BCUT2D eigenvalue weighted by molar-refractivity contribution is -0.0893. The van der Waals surface area contributed by atoms with Gasteiger partial charge in [0.2, 0.25) is 0 Å². The maximum Gasteiger partial charge on any atom is 0.307 e. The second kappa shape index (κ2) is 8.44. The smallest absolute Gasteiger partial charge is 0.307 e. The molecule has 0 saturated carbocycles. The molecule has 0 heterocycles. The summed E-state index contributed by atoms with van der Waals surface area (Å²) in [5.74, 6) is -7.89. The van der Waals surface area contributed by atoms with Crippen LogP contribution in [0.1, 0.15) is 33.4 Å². The molecule has 8 heteroatoms. The number of benzene rings is 4. The first-order chi connectivity index (χ1) is 17.5. The molecule has 0 saturated heterocycles. The van der Waals surface area contributed by atoms with Crippen LogP contribution in [0.25, 0.3) is 11.1 Å². The van der Waals surface area contributed by atoms with Crippen LogP contribution in [0.15, 0.2) is 48.5 Å². The quantitative estimate of drug-likeness (QED) is 0.177. The fourth-order valence-electron chi connectivity index (χ4n) is 4.77. The van der Waals surface area contributed by atoms with E-state index in [-0.39, 0.29) is 33.6 Å². The number of anilines is 2. The molecule has 190 valence electrons. The van der Waals surface area contributed by atoms with Crippen molar-refractivity contribution in [3.63, 3.8) is 0 Å². The van der Waals surface area contributed by atoms with E-state index in [1.54, 1.807) is 48.5 Å². The molecule has 4 aromatic rings. The molecule has 0 radical (unpaired) electrons. The van der Waals surface area contributed by atoms with Crippen LogP contribution in [-0.2, 0) is 5.79 Å². The summed E-state index contributed by atoms with van der Waals surface area (Å²) < 4.78 is 74.2. The third-order valence-corrected chi connectivity index (χ3v) is 7.08. The van der Waals surface area contributed by atoms with Crippen molar-refractivity contribution in [3.05, 3.63) is 105 Å². The van der Waals surface area contributed by atoms with Crippen molar-refractivity contribution >= 4 is 11.4 Å². The van der Waals surface area contributed by atoms with Crippen molar-refractivity contribution in [1.29, 1.82) is 0 Å². The van der Waals surface area contributed by atoms with Crippen molar-refractivity contribution in [2.45, 2.75) is 33.5 Å². The van der Waals surface area contributed by atoms with Crippen molar-refractivity contribution in [2.75, 3.05) is 11.5 Å². The molecule has 1 aliphatic rings. The zero-order valence-corrected chi connectivity index (χ0v) is 20.6. The second-order valence-electron chi connectivity index (χ2n) is 9.15. The van der Waals surface area contributed by atoms with Gasteiger partial charge >= 0.3 is 5.79 Å². The zero-order valence-electron chi connectivity index (χ0n) is 20.6. The van der Waals surface area contributed by atoms with Gasteiger partial charge < -0.3 is 20.9 Å². The molecule has 5 rings (SSSR count). The molecule has 0 atom stereocenters. The molecule has 4 N–H and O–H groups in total. The zero-order chi connectivity index (χ0) is 26.8. The SMILES string of the molecule is Cc1c(N)c(C)c(F)c(OC2(Oc3c(F)c(C)c(N)c(C)c3F)c3ccccc3-c3ccccc32)c1F. The maximum atomic E-state index is 15.5. The first kappa shape index (κ1) is 24.5. The lowest BCUT2D eigenvalue weighted by atomic mass is 10.0. The van der Waals surface area contributed by atoms with Gasteiger partial charge in [0.25, 0.3) is 0 Å². The van der Waals surface area contributed by atoms with Crippen LogP contribution in [0.5, 0.6) is 11.5 Å². The van der Waals surface area contributed by atoms with Gasteiger partial charge in [-0.25, -0.2) is 17.6 Å². The highest BCUT2D eigenvalue weighted by Crippen LogP contribution is 2.52. The van der Waals surface area contributed by atoms with Crippen molar-refractivity contribution in [1.82, 2.24) is 0 Å². The average Bonchev–Trinajstić information content (AvgIpc) is 3.19. The molecule has 0 amide bonds. The molecule has 4 nitrogen and oxygen atoms in total.